The summed E-state index contributed by atoms with van der Waals surface area (Å²) < 4.78 is 16.0. The Morgan fingerprint density at radius 1 is 0.967 bits per heavy atom. The quantitative estimate of drug-likeness (QED) is 0.629. The van der Waals surface area contributed by atoms with Crippen molar-refractivity contribution in [1.29, 1.82) is 0 Å². The Balaban J connectivity index is 1.80. The second-order valence-electron chi connectivity index (χ2n) is 7.91. The van der Waals surface area contributed by atoms with Crippen molar-refractivity contribution in [3.05, 3.63) is 17.7 Å². The summed E-state index contributed by atoms with van der Waals surface area (Å²) in [6, 6.07) is 3.18. The molecule has 0 bridgehead atoms. The third-order valence-corrected chi connectivity index (χ3v) is 5.55. The van der Waals surface area contributed by atoms with Crippen molar-refractivity contribution in [2.45, 2.75) is 64.0 Å². The van der Waals surface area contributed by atoms with Crippen LogP contribution in [0.2, 0.25) is 0 Å². The van der Waals surface area contributed by atoms with Gasteiger partial charge in [0.15, 0.2) is 17.6 Å². The number of carbonyl (C=O) groups is 3. The van der Waals surface area contributed by atoms with E-state index in [0.29, 0.717) is 11.5 Å². The first-order valence-corrected chi connectivity index (χ1v) is 10.5. The van der Waals surface area contributed by atoms with Gasteiger partial charge in [-0.15, -0.1) is 0 Å². The van der Waals surface area contributed by atoms with E-state index < -0.39 is 12.1 Å². The first kappa shape index (κ1) is 21.9. The summed E-state index contributed by atoms with van der Waals surface area (Å²) in [5, 5.41) is 5.67. The molecular weight excluding hydrogens is 388 g/mol. The zero-order chi connectivity index (χ0) is 21.7. The molecule has 2 saturated carbocycles. The van der Waals surface area contributed by atoms with E-state index in [-0.39, 0.29) is 35.0 Å². The molecule has 2 aliphatic carbocycles. The Hall–Kier alpha value is -2.77. The van der Waals surface area contributed by atoms with Gasteiger partial charge in [0.2, 0.25) is 5.91 Å². The number of carbonyl (C=O) groups excluding carboxylic acids is 3. The van der Waals surface area contributed by atoms with Crippen molar-refractivity contribution < 1.29 is 28.6 Å². The normalized spacial score (nSPS) is 17.6. The largest absolute Gasteiger partial charge is 0.493 e. The number of rotatable bonds is 8. The highest BCUT2D eigenvalue weighted by Gasteiger charge is 2.29. The van der Waals surface area contributed by atoms with E-state index in [9.17, 15) is 14.4 Å². The standard InChI is InChI=1S/C22H30N2O6/c1-13(20(25)23-15-9-10-15)30-22(27)16-11-18(28-2)19(29-3)12-17(16)24-21(26)14-7-5-4-6-8-14/h11-15H,4-10H2,1-3H3,(H,23,25)(H,24,26)/t13-/m1/s1. The predicted molar refractivity (Wildman–Crippen MR) is 111 cm³/mol. The molecule has 2 fully saturated rings. The van der Waals surface area contributed by atoms with Crippen LogP contribution in [-0.4, -0.2) is 44.1 Å². The highest BCUT2D eigenvalue weighted by atomic mass is 16.5. The van der Waals surface area contributed by atoms with E-state index in [1.807, 2.05) is 0 Å². The van der Waals surface area contributed by atoms with Crippen LogP contribution in [0.3, 0.4) is 0 Å². The van der Waals surface area contributed by atoms with Crippen LogP contribution in [0.5, 0.6) is 11.5 Å². The Kier molecular flexibility index (Phi) is 7.18. The fourth-order valence-electron chi connectivity index (χ4n) is 3.57. The van der Waals surface area contributed by atoms with Crippen LogP contribution in [0.25, 0.3) is 0 Å². The van der Waals surface area contributed by atoms with Crippen LogP contribution in [-0.2, 0) is 14.3 Å². The van der Waals surface area contributed by atoms with Gasteiger partial charge in [-0.3, -0.25) is 9.59 Å². The maximum absolute atomic E-state index is 12.9. The number of hydrogen-bond donors (Lipinski definition) is 2. The molecule has 0 radical (unpaired) electrons. The van der Waals surface area contributed by atoms with E-state index in [4.69, 9.17) is 14.2 Å². The van der Waals surface area contributed by atoms with E-state index >= 15 is 0 Å². The molecule has 30 heavy (non-hydrogen) atoms. The smallest absolute Gasteiger partial charge is 0.341 e. The molecule has 0 heterocycles. The number of esters is 1. The lowest BCUT2D eigenvalue weighted by molar-refractivity contribution is -0.129. The maximum Gasteiger partial charge on any atom is 0.341 e. The maximum atomic E-state index is 12.9. The molecule has 1 aromatic rings. The fraction of sp³-hybridized carbons (Fsp3) is 0.591. The molecule has 3 rings (SSSR count). The summed E-state index contributed by atoms with van der Waals surface area (Å²) >= 11 is 0. The zero-order valence-electron chi connectivity index (χ0n) is 17.8. The Morgan fingerprint density at radius 3 is 2.20 bits per heavy atom. The van der Waals surface area contributed by atoms with E-state index in [0.717, 1.165) is 44.9 Å². The van der Waals surface area contributed by atoms with Gasteiger partial charge in [0.25, 0.3) is 5.91 Å². The average molecular weight is 418 g/mol. The Bertz CT molecular complexity index is 799. The van der Waals surface area contributed by atoms with Crippen molar-refractivity contribution >= 4 is 23.5 Å². The molecule has 2 aliphatic rings. The van der Waals surface area contributed by atoms with E-state index in [1.54, 1.807) is 6.07 Å². The Morgan fingerprint density at radius 2 is 1.60 bits per heavy atom. The molecule has 1 atom stereocenters. The summed E-state index contributed by atoms with van der Waals surface area (Å²) in [5.41, 5.74) is 0.394. The van der Waals surface area contributed by atoms with Crippen LogP contribution in [0.15, 0.2) is 12.1 Å². The molecule has 0 aromatic heterocycles. The summed E-state index contributed by atoms with van der Waals surface area (Å²) in [7, 11) is 2.94. The monoisotopic (exact) mass is 418 g/mol. The highest BCUT2D eigenvalue weighted by Crippen LogP contribution is 2.35. The van der Waals surface area contributed by atoms with Gasteiger partial charge in [0.05, 0.1) is 25.5 Å². The van der Waals surface area contributed by atoms with E-state index in [2.05, 4.69) is 10.6 Å². The summed E-state index contributed by atoms with van der Waals surface area (Å²) in [6.45, 7) is 1.52. The minimum atomic E-state index is -0.951. The SMILES string of the molecule is COc1cc(NC(=O)C2CCCCC2)c(C(=O)O[C@H](C)C(=O)NC2CC2)cc1OC. The lowest BCUT2D eigenvalue weighted by Crippen LogP contribution is -2.37. The summed E-state index contributed by atoms with van der Waals surface area (Å²) in [5.74, 6) is -0.551. The first-order chi connectivity index (χ1) is 14.4. The first-order valence-electron chi connectivity index (χ1n) is 10.5. The number of benzene rings is 1. The summed E-state index contributed by atoms with van der Waals surface area (Å²) in [6.07, 6.45) is 5.78. The van der Waals surface area contributed by atoms with Crippen LogP contribution in [0.4, 0.5) is 5.69 Å². The minimum absolute atomic E-state index is 0.0843. The van der Waals surface area contributed by atoms with Crippen molar-refractivity contribution in [3.63, 3.8) is 0 Å². The molecule has 2 N–H and O–H groups in total. The lowest BCUT2D eigenvalue weighted by atomic mass is 9.88. The number of nitrogens with one attached hydrogen (secondary N) is 2. The van der Waals surface area contributed by atoms with Gasteiger partial charge in [-0.2, -0.15) is 0 Å². The second-order valence-corrected chi connectivity index (χ2v) is 7.91. The summed E-state index contributed by atoms with van der Waals surface area (Å²) in [4.78, 5) is 37.8. The molecule has 0 spiro atoms. The van der Waals surface area contributed by atoms with Crippen LogP contribution in [0, 0.1) is 5.92 Å². The topological polar surface area (TPSA) is 103 Å². The van der Waals surface area contributed by atoms with Crippen LogP contribution < -0.4 is 20.1 Å². The van der Waals surface area contributed by atoms with Crippen LogP contribution >= 0.6 is 0 Å². The van der Waals surface area contributed by atoms with Gasteiger partial charge in [-0.1, -0.05) is 19.3 Å². The lowest BCUT2D eigenvalue weighted by Gasteiger charge is -2.22. The number of methoxy groups -OCH3 is 2. The molecule has 8 nitrogen and oxygen atoms in total. The average Bonchev–Trinajstić information content (AvgIpc) is 3.57. The van der Waals surface area contributed by atoms with Crippen molar-refractivity contribution in [2.24, 2.45) is 5.92 Å². The minimum Gasteiger partial charge on any atom is -0.493 e. The molecule has 0 aliphatic heterocycles. The van der Waals surface area contributed by atoms with Gasteiger partial charge in [-0.05, 0) is 32.6 Å². The van der Waals surface area contributed by atoms with Crippen molar-refractivity contribution in [3.8, 4) is 11.5 Å². The molecular formula is C22H30N2O6. The van der Waals surface area contributed by atoms with Crippen molar-refractivity contribution in [1.82, 2.24) is 5.32 Å². The fourth-order valence-corrected chi connectivity index (χ4v) is 3.57. The highest BCUT2D eigenvalue weighted by molar-refractivity contribution is 6.03. The Labute approximate surface area is 176 Å². The van der Waals surface area contributed by atoms with Crippen molar-refractivity contribution in [2.75, 3.05) is 19.5 Å². The number of ether oxygens (including phenoxy) is 3. The van der Waals surface area contributed by atoms with Crippen LogP contribution in [0.1, 0.15) is 62.2 Å². The third kappa shape index (κ3) is 5.43. The predicted octanol–water partition coefficient (Wildman–Crippen LogP) is 3.05. The van der Waals surface area contributed by atoms with Gasteiger partial charge in [0, 0.05) is 24.1 Å². The zero-order valence-corrected chi connectivity index (χ0v) is 17.8. The molecule has 0 saturated heterocycles. The number of anilines is 1. The van der Waals surface area contributed by atoms with E-state index in [1.165, 1.54) is 27.2 Å². The van der Waals surface area contributed by atoms with Gasteiger partial charge < -0.3 is 24.8 Å². The molecule has 164 valence electrons. The molecule has 1 aromatic carbocycles. The molecule has 8 heteroatoms. The number of amides is 2. The second kappa shape index (κ2) is 9.82. The van der Waals surface area contributed by atoms with Gasteiger partial charge >= 0.3 is 5.97 Å². The number of hydrogen-bond acceptors (Lipinski definition) is 6. The van der Waals surface area contributed by atoms with Gasteiger partial charge in [-0.25, -0.2) is 4.79 Å². The molecule has 2 amide bonds. The third-order valence-electron chi connectivity index (χ3n) is 5.55. The van der Waals surface area contributed by atoms with Gasteiger partial charge in [0.1, 0.15) is 0 Å². The molecule has 0 unspecified atom stereocenters.